The number of nitro groups is 1. The Morgan fingerprint density at radius 1 is 1.06 bits per heavy atom. The van der Waals surface area contributed by atoms with Crippen LogP contribution in [-0.4, -0.2) is 42.0 Å². The summed E-state index contributed by atoms with van der Waals surface area (Å²) in [5.41, 5.74) is -2.37. The maximum Gasteiger partial charge on any atom is 0.460 e. The zero-order valence-corrected chi connectivity index (χ0v) is 16.4. The number of unbranched alkanes of at least 4 members (excludes halogenated alkanes) is 1. The van der Waals surface area contributed by atoms with Crippen LogP contribution in [0.2, 0.25) is 0 Å². The number of anilines is 1. The van der Waals surface area contributed by atoms with E-state index in [0.717, 1.165) is 25.1 Å². The average molecular weight is 466 g/mol. The molecule has 0 saturated carbocycles. The first-order valence-corrected chi connectivity index (χ1v) is 9.15. The SMILES string of the molecule is CCCCN1CC(C)(CC(F)(F)C(F)(F)C(F)(F)C(F)(F)F)c2ccc([N+](=O)[O-])cc21. The number of hydrogen-bond acceptors (Lipinski definition) is 3. The van der Waals surface area contributed by atoms with Gasteiger partial charge in [-0.3, -0.25) is 10.1 Å². The van der Waals surface area contributed by atoms with Crippen molar-refractivity contribution in [2.24, 2.45) is 0 Å². The summed E-state index contributed by atoms with van der Waals surface area (Å²) in [7, 11) is 0. The number of halogens is 9. The van der Waals surface area contributed by atoms with Crippen LogP contribution in [-0.2, 0) is 5.41 Å². The minimum atomic E-state index is -6.96. The van der Waals surface area contributed by atoms with Crippen molar-refractivity contribution >= 4 is 11.4 Å². The van der Waals surface area contributed by atoms with Gasteiger partial charge in [-0.05, 0) is 18.1 Å². The predicted molar refractivity (Wildman–Crippen MR) is 93.1 cm³/mol. The lowest BCUT2D eigenvalue weighted by Gasteiger charge is -2.38. The fraction of sp³-hybridized carbons (Fsp3) is 0.667. The van der Waals surface area contributed by atoms with E-state index in [9.17, 15) is 49.6 Å². The van der Waals surface area contributed by atoms with Gasteiger partial charge in [0.15, 0.2) is 0 Å². The number of non-ortho nitro benzene ring substituents is 1. The molecule has 0 saturated heterocycles. The minimum Gasteiger partial charge on any atom is -0.370 e. The number of nitro benzene ring substituents is 1. The second-order valence-corrected chi connectivity index (χ2v) is 7.82. The summed E-state index contributed by atoms with van der Waals surface area (Å²) in [4.78, 5) is 11.7. The van der Waals surface area contributed by atoms with Crippen molar-refractivity contribution in [3.05, 3.63) is 33.9 Å². The Bertz CT molecular complexity index is 842. The Morgan fingerprint density at radius 2 is 1.65 bits per heavy atom. The third-order valence-corrected chi connectivity index (χ3v) is 5.33. The van der Waals surface area contributed by atoms with Crippen molar-refractivity contribution in [3.63, 3.8) is 0 Å². The quantitative estimate of drug-likeness (QED) is 0.256. The summed E-state index contributed by atoms with van der Waals surface area (Å²) >= 11 is 0. The van der Waals surface area contributed by atoms with Crippen LogP contribution in [0.5, 0.6) is 0 Å². The lowest BCUT2D eigenvalue weighted by molar-refractivity contribution is -0.398. The third-order valence-electron chi connectivity index (χ3n) is 5.33. The van der Waals surface area contributed by atoms with Crippen molar-refractivity contribution in [3.8, 4) is 0 Å². The molecule has 4 nitrogen and oxygen atoms in total. The zero-order chi connectivity index (χ0) is 24.0. The summed E-state index contributed by atoms with van der Waals surface area (Å²) in [6.45, 7) is 2.60. The standard InChI is InChI=1S/C18H19F9N2O2/c1-3-4-7-28-10-14(2,12-6-5-11(29(30)31)8-13(12)28)9-15(19,20)16(21,22)17(23,24)18(25,26)27/h5-6,8H,3-4,7,9-10H2,1-2H3. The molecule has 0 radical (unpaired) electrons. The highest BCUT2D eigenvalue weighted by molar-refractivity contribution is 5.66. The van der Waals surface area contributed by atoms with Gasteiger partial charge in [-0.25, -0.2) is 0 Å². The number of benzene rings is 1. The summed E-state index contributed by atoms with van der Waals surface area (Å²) < 4.78 is 120. The smallest absolute Gasteiger partial charge is 0.370 e. The lowest BCUT2D eigenvalue weighted by Crippen LogP contribution is -2.62. The topological polar surface area (TPSA) is 46.4 Å². The third kappa shape index (κ3) is 4.14. The van der Waals surface area contributed by atoms with Gasteiger partial charge in [0.25, 0.3) is 5.69 Å². The molecule has 0 N–H and O–H groups in total. The first-order chi connectivity index (χ1) is 13.9. The monoisotopic (exact) mass is 466 g/mol. The van der Waals surface area contributed by atoms with Gasteiger partial charge in [0.1, 0.15) is 0 Å². The molecule has 31 heavy (non-hydrogen) atoms. The zero-order valence-electron chi connectivity index (χ0n) is 16.4. The van der Waals surface area contributed by atoms with Gasteiger partial charge in [0, 0.05) is 42.7 Å². The molecule has 176 valence electrons. The van der Waals surface area contributed by atoms with Crippen LogP contribution in [0, 0.1) is 10.1 Å². The molecule has 1 aliphatic heterocycles. The van der Waals surface area contributed by atoms with Crippen LogP contribution >= 0.6 is 0 Å². The summed E-state index contributed by atoms with van der Waals surface area (Å²) in [5.74, 6) is -19.4. The summed E-state index contributed by atoms with van der Waals surface area (Å²) in [6, 6.07) is 3.01. The number of rotatable bonds is 8. The molecule has 13 heteroatoms. The van der Waals surface area contributed by atoms with Crippen molar-refractivity contribution < 1.29 is 44.4 Å². The highest BCUT2D eigenvalue weighted by Crippen LogP contribution is 2.57. The molecular weight excluding hydrogens is 447 g/mol. The molecule has 1 heterocycles. The van der Waals surface area contributed by atoms with E-state index in [4.69, 9.17) is 0 Å². The molecule has 1 aliphatic rings. The molecule has 0 spiro atoms. The minimum absolute atomic E-state index is 0.0694. The van der Waals surface area contributed by atoms with Gasteiger partial charge in [0.2, 0.25) is 0 Å². The van der Waals surface area contributed by atoms with Crippen molar-refractivity contribution in [2.75, 3.05) is 18.0 Å². The van der Waals surface area contributed by atoms with E-state index in [1.165, 1.54) is 4.90 Å². The molecule has 0 aromatic heterocycles. The van der Waals surface area contributed by atoms with E-state index in [2.05, 4.69) is 0 Å². The molecule has 0 bridgehead atoms. The van der Waals surface area contributed by atoms with Crippen molar-refractivity contribution in [1.82, 2.24) is 0 Å². The van der Waals surface area contributed by atoms with Crippen molar-refractivity contribution in [2.45, 2.75) is 62.5 Å². The van der Waals surface area contributed by atoms with Crippen LogP contribution in [0.1, 0.15) is 38.7 Å². The molecule has 1 aromatic carbocycles. The second kappa shape index (κ2) is 7.73. The Kier molecular flexibility index (Phi) is 6.25. The first kappa shape index (κ1) is 25.1. The first-order valence-electron chi connectivity index (χ1n) is 9.15. The number of fused-ring (bicyclic) bond motifs is 1. The fourth-order valence-corrected chi connectivity index (χ4v) is 3.71. The van der Waals surface area contributed by atoms with E-state index in [1.807, 2.05) is 0 Å². The van der Waals surface area contributed by atoms with Gasteiger partial charge in [-0.2, -0.15) is 39.5 Å². The van der Waals surface area contributed by atoms with E-state index in [0.29, 0.717) is 12.8 Å². The fourth-order valence-electron chi connectivity index (χ4n) is 3.71. The highest BCUT2D eigenvalue weighted by atomic mass is 19.4. The maximum atomic E-state index is 14.3. The van der Waals surface area contributed by atoms with E-state index in [1.54, 1.807) is 6.92 Å². The Hall–Kier alpha value is -2.21. The van der Waals surface area contributed by atoms with E-state index < -0.39 is 52.9 Å². The van der Waals surface area contributed by atoms with Crippen LogP contribution in [0.4, 0.5) is 50.9 Å². The van der Waals surface area contributed by atoms with E-state index >= 15 is 0 Å². The molecule has 1 unspecified atom stereocenters. The van der Waals surface area contributed by atoms with Gasteiger partial charge in [-0.15, -0.1) is 0 Å². The predicted octanol–water partition coefficient (Wildman–Crippen LogP) is 6.33. The molecule has 0 fully saturated rings. The van der Waals surface area contributed by atoms with Gasteiger partial charge in [0.05, 0.1) is 4.92 Å². The van der Waals surface area contributed by atoms with Crippen LogP contribution < -0.4 is 4.90 Å². The number of hydrogen-bond donors (Lipinski definition) is 0. The van der Waals surface area contributed by atoms with Gasteiger partial charge in [-0.1, -0.05) is 20.3 Å². The lowest BCUT2D eigenvalue weighted by atomic mass is 9.77. The Labute approximate surface area is 171 Å². The molecular formula is C18H19F9N2O2. The number of nitrogens with zero attached hydrogens (tertiary/aromatic N) is 2. The number of alkyl halides is 9. The van der Waals surface area contributed by atoms with E-state index in [-0.39, 0.29) is 17.8 Å². The van der Waals surface area contributed by atoms with Crippen LogP contribution in [0.3, 0.4) is 0 Å². The van der Waals surface area contributed by atoms with Crippen LogP contribution in [0.25, 0.3) is 0 Å². The summed E-state index contributed by atoms with van der Waals surface area (Å²) in [5, 5.41) is 11.0. The van der Waals surface area contributed by atoms with Gasteiger partial charge < -0.3 is 4.90 Å². The molecule has 1 aromatic rings. The van der Waals surface area contributed by atoms with Crippen LogP contribution in [0.15, 0.2) is 18.2 Å². The normalized spacial score (nSPS) is 20.2. The Balaban J connectivity index is 2.50. The molecule has 0 aliphatic carbocycles. The highest BCUT2D eigenvalue weighted by Gasteiger charge is 2.82. The largest absolute Gasteiger partial charge is 0.460 e. The van der Waals surface area contributed by atoms with Crippen molar-refractivity contribution in [1.29, 1.82) is 0 Å². The average Bonchev–Trinajstić information content (AvgIpc) is 2.89. The molecule has 0 amide bonds. The van der Waals surface area contributed by atoms with Gasteiger partial charge >= 0.3 is 23.9 Å². The molecule has 1 atom stereocenters. The Morgan fingerprint density at radius 3 is 2.13 bits per heavy atom. The second-order valence-electron chi connectivity index (χ2n) is 7.82. The molecule has 2 rings (SSSR count). The summed E-state index contributed by atoms with van der Waals surface area (Å²) in [6.07, 6.45) is -7.78. The maximum absolute atomic E-state index is 14.3.